The predicted octanol–water partition coefficient (Wildman–Crippen LogP) is 6.99. The molecule has 0 fully saturated rings. The Morgan fingerprint density at radius 3 is 1.86 bits per heavy atom. The molecular formula is C35H32N2O5S. The summed E-state index contributed by atoms with van der Waals surface area (Å²) in [4.78, 5) is 12.7. The van der Waals surface area contributed by atoms with Crippen LogP contribution in [0.15, 0.2) is 138 Å². The minimum absolute atomic E-state index is 0.162. The lowest BCUT2D eigenvalue weighted by atomic mass is 10.2. The van der Waals surface area contributed by atoms with Crippen LogP contribution in [0.4, 0.5) is 11.4 Å². The Hall–Kier alpha value is -5.08. The lowest BCUT2D eigenvalue weighted by Gasteiger charge is -2.25. The van der Waals surface area contributed by atoms with E-state index in [0.717, 1.165) is 16.7 Å². The van der Waals surface area contributed by atoms with Crippen molar-refractivity contribution < 1.29 is 22.7 Å². The normalized spacial score (nSPS) is 11.0. The van der Waals surface area contributed by atoms with E-state index >= 15 is 0 Å². The summed E-state index contributed by atoms with van der Waals surface area (Å²) in [5.74, 6) is 0.814. The first-order valence-corrected chi connectivity index (χ1v) is 15.2. The van der Waals surface area contributed by atoms with E-state index in [1.54, 1.807) is 72.8 Å². The van der Waals surface area contributed by atoms with E-state index in [9.17, 15) is 13.2 Å². The van der Waals surface area contributed by atoms with E-state index in [0.29, 0.717) is 29.5 Å². The summed E-state index contributed by atoms with van der Waals surface area (Å²) in [6.07, 6.45) is 0. The first-order valence-electron chi connectivity index (χ1n) is 13.8. The van der Waals surface area contributed by atoms with Gasteiger partial charge in [-0.2, -0.15) is 0 Å². The van der Waals surface area contributed by atoms with Crippen molar-refractivity contribution in [1.29, 1.82) is 0 Å². The van der Waals surface area contributed by atoms with Crippen LogP contribution in [0, 0.1) is 6.92 Å². The van der Waals surface area contributed by atoms with Crippen molar-refractivity contribution in [3.8, 4) is 11.5 Å². The third kappa shape index (κ3) is 8.02. The van der Waals surface area contributed by atoms with Gasteiger partial charge in [-0.3, -0.25) is 9.10 Å². The van der Waals surface area contributed by atoms with Gasteiger partial charge in [-0.15, -0.1) is 0 Å². The molecule has 1 amide bonds. The van der Waals surface area contributed by atoms with Gasteiger partial charge in [0.15, 0.2) is 6.61 Å². The number of sulfonamides is 1. The second-order valence-corrected chi connectivity index (χ2v) is 11.8. The molecule has 0 saturated heterocycles. The molecule has 0 spiro atoms. The van der Waals surface area contributed by atoms with Crippen LogP contribution in [0.5, 0.6) is 11.5 Å². The Morgan fingerprint density at radius 2 is 1.23 bits per heavy atom. The number of amides is 1. The van der Waals surface area contributed by atoms with Crippen molar-refractivity contribution in [2.45, 2.75) is 25.0 Å². The third-order valence-electron chi connectivity index (χ3n) is 6.66. The third-order valence-corrected chi connectivity index (χ3v) is 8.45. The second-order valence-electron chi connectivity index (χ2n) is 9.94. The molecule has 5 aromatic rings. The quantitative estimate of drug-likeness (QED) is 0.169. The number of nitrogens with one attached hydrogen (secondary N) is 1. The number of aryl methyl sites for hydroxylation is 1. The number of hydrogen-bond donors (Lipinski definition) is 1. The fraction of sp³-hybridized carbons (Fsp3) is 0.114. The Bertz CT molecular complexity index is 1730. The standard InChI is InChI=1S/C35H32N2O5S/c1-27-12-22-34(23-13-27)43(39,40)37(24-28-8-4-2-5-9-28)31-16-20-33(21-17-31)42-26-35(38)36-30-14-18-32(19-15-30)41-25-29-10-6-3-7-11-29/h2-23H,24-26H2,1H3,(H,36,38). The van der Waals surface area contributed by atoms with Gasteiger partial charge in [-0.25, -0.2) is 8.42 Å². The average molecular weight is 593 g/mol. The highest BCUT2D eigenvalue weighted by atomic mass is 32.2. The molecular weight excluding hydrogens is 560 g/mol. The molecule has 5 rings (SSSR count). The highest BCUT2D eigenvalue weighted by Crippen LogP contribution is 2.28. The van der Waals surface area contributed by atoms with E-state index < -0.39 is 10.0 Å². The van der Waals surface area contributed by atoms with Crippen LogP contribution in [-0.4, -0.2) is 20.9 Å². The highest BCUT2D eigenvalue weighted by Gasteiger charge is 2.25. The summed E-state index contributed by atoms with van der Waals surface area (Å²) in [6, 6.07) is 39.9. The molecule has 0 aromatic heterocycles. The van der Waals surface area contributed by atoms with Gasteiger partial charge in [0.2, 0.25) is 0 Å². The zero-order valence-electron chi connectivity index (χ0n) is 23.7. The maximum Gasteiger partial charge on any atom is 0.264 e. The first kappa shape index (κ1) is 29.4. The number of nitrogens with zero attached hydrogens (tertiary/aromatic N) is 1. The number of hydrogen-bond acceptors (Lipinski definition) is 5. The molecule has 0 saturated carbocycles. The van der Waals surface area contributed by atoms with E-state index in [2.05, 4.69) is 5.32 Å². The molecule has 0 aliphatic heterocycles. The summed E-state index contributed by atoms with van der Waals surface area (Å²) in [5, 5.41) is 2.81. The lowest BCUT2D eigenvalue weighted by Crippen LogP contribution is -2.30. The molecule has 5 aromatic carbocycles. The van der Waals surface area contributed by atoms with Crippen molar-refractivity contribution in [3.63, 3.8) is 0 Å². The molecule has 43 heavy (non-hydrogen) atoms. The summed E-state index contributed by atoms with van der Waals surface area (Å²) in [6.45, 7) is 2.33. The van der Waals surface area contributed by atoms with Crippen LogP contribution in [0.3, 0.4) is 0 Å². The molecule has 0 heterocycles. The van der Waals surface area contributed by atoms with Crippen molar-refractivity contribution >= 4 is 27.3 Å². The summed E-state index contributed by atoms with van der Waals surface area (Å²) in [5.41, 5.74) is 4.00. The molecule has 0 aliphatic rings. The van der Waals surface area contributed by atoms with Crippen LogP contribution in [0.25, 0.3) is 0 Å². The SMILES string of the molecule is Cc1ccc(S(=O)(=O)N(Cc2ccccc2)c2ccc(OCC(=O)Nc3ccc(OCc4ccccc4)cc3)cc2)cc1. The highest BCUT2D eigenvalue weighted by molar-refractivity contribution is 7.92. The van der Waals surface area contributed by atoms with Gasteiger partial charge in [-0.1, -0.05) is 78.4 Å². The second kappa shape index (κ2) is 13.7. The predicted molar refractivity (Wildman–Crippen MR) is 169 cm³/mol. The van der Waals surface area contributed by atoms with Crippen LogP contribution in [0.2, 0.25) is 0 Å². The van der Waals surface area contributed by atoms with E-state index in [-0.39, 0.29) is 24.0 Å². The van der Waals surface area contributed by atoms with Gasteiger partial charge in [0.05, 0.1) is 17.1 Å². The summed E-state index contributed by atoms with van der Waals surface area (Å²) >= 11 is 0. The first-order chi connectivity index (χ1) is 20.9. The van der Waals surface area contributed by atoms with Crippen molar-refractivity contribution in [1.82, 2.24) is 0 Å². The lowest BCUT2D eigenvalue weighted by molar-refractivity contribution is -0.118. The number of ether oxygens (including phenoxy) is 2. The Morgan fingerprint density at radius 1 is 0.674 bits per heavy atom. The Labute approximate surface area is 252 Å². The van der Waals surface area contributed by atoms with Gasteiger partial charge in [-0.05, 0) is 78.7 Å². The minimum Gasteiger partial charge on any atom is -0.489 e. The van der Waals surface area contributed by atoms with Crippen LogP contribution in [-0.2, 0) is 28.0 Å². The maximum absolute atomic E-state index is 13.7. The van der Waals surface area contributed by atoms with Crippen molar-refractivity contribution in [2.75, 3.05) is 16.2 Å². The van der Waals surface area contributed by atoms with Crippen LogP contribution >= 0.6 is 0 Å². The van der Waals surface area contributed by atoms with Gasteiger partial charge >= 0.3 is 0 Å². The molecule has 8 heteroatoms. The average Bonchev–Trinajstić information content (AvgIpc) is 3.04. The fourth-order valence-corrected chi connectivity index (χ4v) is 5.78. The number of anilines is 2. The fourth-order valence-electron chi connectivity index (χ4n) is 4.33. The van der Waals surface area contributed by atoms with E-state index in [1.807, 2.05) is 67.6 Å². The Kier molecular flexibility index (Phi) is 9.39. The van der Waals surface area contributed by atoms with E-state index in [4.69, 9.17) is 9.47 Å². The maximum atomic E-state index is 13.7. The number of benzene rings is 5. The largest absolute Gasteiger partial charge is 0.489 e. The number of carbonyl (C=O) groups is 1. The van der Waals surface area contributed by atoms with E-state index in [1.165, 1.54) is 4.31 Å². The monoisotopic (exact) mass is 592 g/mol. The molecule has 218 valence electrons. The summed E-state index contributed by atoms with van der Waals surface area (Å²) < 4.78 is 40.2. The molecule has 0 radical (unpaired) electrons. The summed E-state index contributed by atoms with van der Waals surface area (Å²) in [7, 11) is -3.84. The number of carbonyl (C=O) groups excluding carboxylic acids is 1. The molecule has 7 nitrogen and oxygen atoms in total. The van der Waals surface area contributed by atoms with Crippen molar-refractivity contribution in [2.24, 2.45) is 0 Å². The molecule has 0 bridgehead atoms. The van der Waals surface area contributed by atoms with Gasteiger partial charge < -0.3 is 14.8 Å². The Balaban J connectivity index is 1.20. The van der Waals surface area contributed by atoms with Crippen LogP contribution in [0.1, 0.15) is 16.7 Å². The molecule has 0 unspecified atom stereocenters. The zero-order valence-corrected chi connectivity index (χ0v) is 24.5. The molecule has 1 N–H and O–H groups in total. The number of rotatable bonds is 12. The topological polar surface area (TPSA) is 84.9 Å². The van der Waals surface area contributed by atoms with Gasteiger partial charge in [0.25, 0.3) is 15.9 Å². The molecule has 0 atom stereocenters. The smallest absolute Gasteiger partial charge is 0.264 e. The van der Waals surface area contributed by atoms with Crippen molar-refractivity contribution in [3.05, 3.63) is 150 Å². The zero-order chi connectivity index (χ0) is 30.1. The minimum atomic E-state index is -3.84. The van der Waals surface area contributed by atoms with Crippen LogP contribution < -0.4 is 19.1 Å². The van der Waals surface area contributed by atoms with Gasteiger partial charge in [0.1, 0.15) is 18.1 Å². The molecule has 0 aliphatic carbocycles. The van der Waals surface area contributed by atoms with Gasteiger partial charge in [0, 0.05) is 5.69 Å².